The lowest BCUT2D eigenvalue weighted by Gasteiger charge is -2.39. The van der Waals surface area contributed by atoms with Crippen molar-refractivity contribution < 1.29 is 4.79 Å². The van der Waals surface area contributed by atoms with E-state index in [-0.39, 0.29) is 17.8 Å². The molecule has 0 unspecified atom stereocenters. The fraction of sp³-hybridized carbons (Fsp3) is 0.281. The number of aromatic nitrogens is 2. The molecule has 0 aliphatic carbocycles. The fourth-order valence-electron chi connectivity index (χ4n) is 5.41. The maximum atomic E-state index is 12.6. The molecule has 1 amide bonds. The second-order valence-electron chi connectivity index (χ2n) is 10.4. The van der Waals surface area contributed by atoms with Gasteiger partial charge >= 0.3 is 5.69 Å². The van der Waals surface area contributed by atoms with Crippen LogP contribution in [0.2, 0.25) is 0 Å². The molecule has 3 N–H and O–H groups in total. The van der Waals surface area contributed by atoms with Crippen LogP contribution in [0, 0.1) is 0 Å². The molecule has 1 aliphatic rings. The lowest BCUT2D eigenvalue weighted by atomic mass is 9.96. The summed E-state index contributed by atoms with van der Waals surface area (Å²) < 4.78 is 2.26. The summed E-state index contributed by atoms with van der Waals surface area (Å²) >= 11 is 0. The maximum Gasteiger partial charge on any atom is 0.336 e. The highest BCUT2D eigenvalue weighted by Gasteiger charge is 2.26. The van der Waals surface area contributed by atoms with E-state index in [1.807, 2.05) is 0 Å². The highest BCUT2D eigenvalue weighted by atomic mass is 16.2. The average molecular weight is 553 g/mol. The lowest BCUT2D eigenvalue weighted by Crippen LogP contribution is -2.48. The Balaban J connectivity index is 1.10. The first-order valence-corrected chi connectivity index (χ1v) is 14.0. The first-order chi connectivity index (χ1) is 19.9. The highest BCUT2D eigenvalue weighted by Crippen LogP contribution is 2.29. The summed E-state index contributed by atoms with van der Waals surface area (Å²) in [5, 5.41) is 2.93. The first-order valence-electron chi connectivity index (χ1n) is 14.0. The molecule has 0 atom stereocenters. The molecule has 3 aromatic carbocycles. The third-order valence-corrected chi connectivity index (χ3v) is 7.63. The van der Waals surface area contributed by atoms with Crippen molar-refractivity contribution in [3.8, 4) is 5.69 Å². The Morgan fingerprint density at radius 2 is 1.44 bits per heavy atom. The van der Waals surface area contributed by atoms with Crippen LogP contribution in [-0.2, 0) is 11.8 Å². The number of hydrogen-bond acceptors (Lipinski definition) is 6. The number of piperazine rings is 1. The number of benzene rings is 3. The molecular weight excluding hydrogens is 516 g/mol. The van der Waals surface area contributed by atoms with Crippen molar-refractivity contribution in [1.82, 2.24) is 18.9 Å². The van der Waals surface area contributed by atoms with Gasteiger partial charge in [-0.15, -0.1) is 0 Å². The smallest absolute Gasteiger partial charge is 0.336 e. The Morgan fingerprint density at radius 1 is 0.854 bits per heavy atom. The number of nitrogen functional groups attached to an aromatic ring is 1. The predicted octanol–water partition coefficient (Wildman–Crippen LogP) is 3.24. The first kappa shape index (κ1) is 28.1. The molecule has 1 aliphatic heterocycles. The molecule has 0 saturated carbocycles. The largest absolute Gasteiger partial charge is 0.385 e. The van der Waals surface area contributed by atoms with E-state index in [2.05, 4.69) is 75.8 Å². The molecule has 1 aromatic heterocycles. The van der Waals surface area contributed by atoms with Gasteiger partial charge in [0.1, 0.15) is 5.82 Å². The predicted molar refractivity (Wildman–Crippen MR) is 162 cm³/mol. The molecule has 4 aromatic rings. The summed E-state index contributed by atoms with van der Waals surface area (Å²) in [7, 11) is 1.40. The van der Waals surface area contributed by atoms with Crippen molar-refractivity contribution in [1.29, 1.82) is 0 Å². The standard InChI is InChI=1S/C32H36N6O3/c1-35-30(40)23-28(33)38(32(35)41)27-16-14-26(15-17-27)34-29(39)13-8-18-36-19-21-37(22-20-36)31(24-9-4-2-5-10-24)25-11-6-3-7-12-25/h2-7,9-12,14-17,23,31H,8,13,18-22,33H2,1H3,(H,34,39). The van der Waals surface area contributed by atoms with E-state index >= 15 is 0 Å². The number of carbonyl (C=O) groups is 1. The second-order valence-corrected chi connectivity index (χ2v) is 10.4. The number of carbonyl (C=O) groups excluding carboxylic acids is 1. The van der Waals surface area contributed by atoms with Crippen LogP contribution in [0.1, 0.15) is 30.0 Å². The van der Waals surface area contributed by atoms with Crippen LogP contribution in [0.4, 0.5) is 11.5 Å². The van der Waals surface area contributed by atoms with Crippen LogP contribution >= 0.6 is 0 Å². The Morgan fingerprint density at radius 3 is 2.02 bits per heavy atom. The van der Waals surface area contributed by atoms with Gasteiger partial charge in [0.15, 0.2) is 0 Å². The summed E-state index contributed by atoms with van der Waals surface area (Å²) in [6.07, 6.45) is 1.19. The number of nitrogens with zero attached hydrogens (tertiary/aromatic N) is 4. The minimum atomic E-state index is -0.525. The van der Waals surface area contributed by atoms with Gasteiger partial charge in [0.25, 0.3) is 5.56 Å². The lowest BCUT2D eigenvalue weighted by molar-refractivity contribution is -0.116. The van der Waals surface area contributed by atoms with Crippen molar-refractivity contribution in [3.63, 3.8) is 0 Å². The average Bonchev–Trinajstić information content (AvgIpc) is 2.99. The number of nitrogens with one attached hydrogen (secondary N) is 1. The highest BCUT2D eigenvalue weighted by molar-refractivity contribution is 5.90. The van der Waals surface area contributed by atoms with Crippen LogP contribution < -0.4 is 22.3 Å². The van der Waals surface area contributed by atoms with Crippen molar-refractivity contribution >= 4 is 17.4 Å². The van der Waals surface area contributed by atoms with Gasteiger partial charge in [0.05, 0.1) is 11.7 Å². The SMILES string of the molecule is Cn1c(=O)cc(N)n(-c2ccc(NC(=O)CCCN3CCN(C(c4ccccc4)c4ccccc4)CC3)cc2)c1=O. The van der Waals surface area contributed by atoms with Crippen molar-refractivity contribution in [2.75, 3.05) is 43.8 Å². The summed E-state index contributed by atoms with van der Waals surface area (Å²) in [5.41, 5.74) is 8.69. The van der Waals surface area contributed by atoms with Crippen LogP contribution in [-0.4, -0.2) is 57.6 Å². The minimum Gasteiger partial charge on any atom is -0.385 e. The van der Waals surface area contributed by atoms with Gasteiger partial charge in [-0.25, -0.2) is 9.36 Å². The van der Waals surface area contributed by atoms with Crippen LogP contribution in [0.15, 0.2) is 101 Å². The van der Waals surface area contributed by atoms with Gasteiger partial charge in [0.2, 0.25) is 5.91 Å². The molecule has 2 heterocycles. The van der Waals surface area contributed by atoms with Crippen LogP contribution in [0.25, 0.3) is 5.69 Å². The van der Waals surface area contributed by atoms with E-state index in [9.17, 15) is 14.4 Å². The molecule has 0 spiro atoms. The summed E-state index contributed by atoms with van der Waals surface area (Å²) in [6.45, 7) is 4.74. The number of rotatable bonds is 9. The number of amides is 1. The fourth-order valence-corrected chi connectivity index (χ4v) is 5.41. The van der Waals surface area contributed by atoms with Gasteiger partial charge in [-0.2, -0.15) is 0 Å². The summed E-state index contributed by atoms with van der Waals surface area (Å²) in [5.74, 6) is 0.00904. The molecule has 41 heavy (non-hydrogen) atoms. The second kappa shape index (κ2) is 12.8. The topological polar surface area (TPSA) is 106 Å². The van der Waals surface area contributed by atoms with Crippen LogP contribution in [0.3, 0.4) is 0 Å². The summed E-state index contributed by atoms with van der Waals surface area (Å²) in [6, 6.07) is 29.6. The Hall–Kier alpha value is -4.47. The molecule has 9 nitrogen and oxygen atoms in total. The Kier molecular flexibility index (Phi) is 8.76. The zero-order valence-corrected chi connectivity index (χ0v) is 23.3. The Labute approximate surface area is 239 Å². The number of nitrogens with two attached hydrogens (primary N) is 1. The van der Waals surface area contributed by atoms with E-state index in [0.717, 1.165) is 43.7 Å². The third kappa shape index (κ3) is 6.65. The number of anilines is 2. The van der Waals surface area contributed by atoms with E-state index in [1.165, 1.54) is 28.8 Å². The molecule has 1 saturated heterocycles. The van der Waals surface area contributed by atoms with E-state index in [0.29, 0.717) is 17.8 Å². The molecule has 0 bridgehead atoms. The van der Waals surface area contributed by atoms with Gasteiger partial charge in [0, 0.05) is 51.4 Å². The minimum absolute atomic E-state index is 0.0524. The van der Waals surface area contributed by atoms with Crippen molar-refractivity contribution in [3.05, 3.63) is 123 Å². The number of hydrogen-bond donors (Lipinski definition) is 2. The monoisotopic (exact) mass is 552 g/mol. The van der Waals surface area contributed by atoms with Gasteiger partial charge in [-0.3, -0.25) is 19.1 Å². The third-order valence-electron chi connectivity index (χ3n) is 7.63. The molecule has 212 valence electrons. The molecule has 1 fully saturated rings. The molecule has 9 heteroatoms. The van der Waals surface area contributed by atoms with Crippen LogP contribution in [0.5, 0.6) is 0 Å². The van der Waals surface area contributed by atoms with Gasteiger partial charge < -0.3 is 16.0 Å². The summed E-state index contributed by atoms with van der Waals surface area (Å²) in [4.78, 5) is 41.8. The zero-order chi connectivity index (χ0) is 28.8. The van der Waals surface area contributed by atoms with Crippen molar-refractivity contribution in [2.24, 2.45) is 7.05 Å². The molecule has 0 radical (unpaired) electrons. The maximum absolute atomic E-state index is 12.6. The molecular formula is C32H36N6O3. The molecule has 5 rings (SSSR count). The quantitative estimate of drug-likeness (QED) is 0.330. The zero-order valence-electron chi connectivity index (χ0n) is 23.3. The van der Waals surface area contributed by atoms with E-state index < -0.39 is 11.2 Å². The van der Waals surface area contributed by atoms with Crippen molar-refractivity contribution in [2.45, 2.75) is 18.9 Å². The Bertz CT molecular complexity index is 1530. The normalized spacial score (nSPS) is 14.3. The van der Waals surface area contributed by atoms with E-state index in [1.54, 1.807) is 24.3 Å². The van der Waals surface area contributed by atoms with Gasteiger partial charge in [-0.1, -0.05) is 60.7 Å². The van der Waals surface area contributed by atoms with E-state index in [4.69, 9.17) is 5.73 Å². The van der Waals surface area contributed by atoms with Gasteiger partial charge in [-0.05, 0) is 48.4 Å².